The summed E-state index contributed by atoms with van der Waals surface area (Å²) in [6.45, 7) is 5.99. The first-order chi connectivity index (χ1) is 9.31. The fourth-order valence-corrected chi connectivity index (χ4v) is 3.35. The Morgan fingerprint density at radius 1 is 1.05 bits per heavy atom. The van der Waals surface area contributed by atoms with E-state index in [0.717, 1.165) is 31.6 Å². The summed E-state index contributed by atoms with van der Waals surface area (Å²) in [6, 6.07) is 0.442. The van der Waals surface area contributed by atoms with E-state index >= 15 is 0 Å². The van der Waals surface area contributed by atoms with E-state index in [1.165, 1.54) is 45.6 Å². The van der Waals surface area contributed by atoms with Crippen LogP contribution in [0.2, 0.25) is 0 Å². The van der Waals surface area contributed by atoms with Gasteiger partial charge in [0.1, 0.15) is 0 Å². The molecule has 1 amide bonds. The van der Waals surface area contributed by atoms with Crippen LogP contribution < -0.4 is 10.6 Å². The molecule has 0 spiro atoms. The van der Waals surface area contributed by atoms with Crippen molar-refractivity contribution in [3.05, 3.63) is 0 Å². The highest BCUT2D eigenvalue weighted by Crippen LogP contribution is 2.29. The second kappa shape index (κ2) is 6.23. The Morgan fingerprint density at radius 2 is 1.74 bits per heavy atom. The third kappa shape index (κ3) is 3.93. The zero-order valence-electron chi connectivity index (χ0n) is 11.9. The second-order valence-electron chi connectivity index (χ2n) is 6.55. The van der Waals surface area contributed by atoms with E-state index in [4.69, 9.17) is 0 Å². The Hall–Kier alpha value is -0.610. The van der Waals surface area contributed by atoms with Crippen molar-refractivity contribution in [2.24, 2.45) is 11.8 Å². The zero-order valence-corrected chi connectivity index (χ0v) is 11.9. The van der Waals surface area contributed by atoms with E-state index in [-0.39, 0.29) is 0 Å². The van der Waals surface area contributed by atoms with E-state index in [1.807, 2.05) is 0 Å². The van der Waals surface area contributed by atoms with Crippen molar-refractivity contribution in [2.75, 3.05) is 32.7 Å². The lowest BCUT2D eigenvalue weighted by molar-refractivity contribution is -0.123. The summed E-state index contributed by atoms with van der Waals surface area (Å²) in [6.07, 6.45) is 7.17. The average molecular weight is 265 g/mol. The number of carbonyl (C=O) groups excluding carboxylic acids is 1. The van der Waals surface area contributed by atoms with Gasteiger partial charge in [0.15, 0.2) is 0 Å². The van der Waals surface area contributed by atoms with Gasteiger partial charge >= 0.3 is 0 Å². The van der Waals surface area contributed by atoms with Gasteiger partial charge < -0.3 is 15.5 Å². The Balaban J connectivity index is 1.35. The van der Waals surface area contributed by atoms with Gasteiger partial charge in [0.2, 0.25) is 5.91 Å². The molecule has 2 heterocycles. The molecule has 3 rings (SSSR count). The number of amides is 1. The minimum absolute atomic E-state index is 0.316. The molecule has 0 unspecified atom stereocenters. The van der Waals surface area contributed by atoms with Gasteiger partial charge in [-0.25, -0.2) is 0 Å². The molecule has 0 aromatic rings. The maximum absolute atomic E-state index is 11.7. The smallest absolute Gasteiger partial charge is 0.223 e. The van der Waals surface area contributed by atoms with Gasteiger partial charge in [-0.3, -0.25) is 4.79 Å². The summed E-state index contributed by atoms with van der Waals surface area (Å²) in [7, 11) is 0. The largest absolute Gasteiger partial charge is 0.353 e. The molecule has 0 aromatic heterocycles. The standard InChI is InChI=1S/C15H27N3O/c19-15(13-1-2-13)17-14-5-9-18(10-6-14)11-12-3-7-16-8-4-12/h12-14,16H,1-11H2,(H,17,19). The van der Waals surface area contributed by atoms with Crippen LogP contribution in [0.4, 0.5) is 0 Å². The van der Waals surface area contributed by atoms with Crippen LogP contribution >= 0.6 is 0 Å². The molecule has 3 aliphatic rings. The summed E-state index contributed by atoms with van der Waals surface area (Å²) < 4.78 is 0. The Bertz CT molecular complexity index is 303. The molecule has 19 heavy (non-hydrogen) atoms. The number of carbonyl (C=O) groups is 1. The molecule has 1 aliphatic carbocycles. The molecule has 4 nitrogen and oxygen atoms in total. The fraction of sp³-hybridized carbons (Fsp3) is 0.933. The van der Waals surface area contributed by atoms with Gasteiger partial charge in [-0.05, 0) is 57.5 Å². The van der Waals surface area contributed by atoms with Crippen molar-refractivity contribution in [3.63, 3.8) is 0 Å². The highest BCUT2D eigenvalue weighted by Gasteiger charge is 2.32. The molecule has 0 radical (unpaired) electrons. The van der Waals surface area contributed by atoms with Crippen molar-refractivity contribution in [1.82, 2.24) is 15.5 Å². The summed E-state index contributed by atoms with van der Waals surface area (Å²) >= 11 is 0. The van der Waals surface area contributed by atoms with Gasteiger partial charge in [0.05, 0.1) is 0 Å². The van der Waals surface area contributed by atoms with E-state index in [9.17, 15) is 4.79 Å². The number of rotatable bonds is 4. The van der Waals surface area contributed by atoms with Crippen molar-refractivity contribution in [2.45, 2.75) is 44.6 Å². The SMILES string of the molecule is O=C(NC1CCN(CC2CCNCC2)CC1)C1CC1. The third-order valence-corrected chi connectivity index (χ3v) is 4.86. The van der Waals surface area contributed by atoms with Crippen molar-refractivity contribution in [1.29, 1.82) is 0 Å². The molecule has 0 atom stereocenters. The van der Waals surface area contributed by atoms with Crippen LogP contribution in [0.5, 0.6) is 0 Å². The molecule has 2 saturated heterocycles. The Labute approximate surface area is 116 Å². The normalized spacial score (nSPS) is 27.4. The minimum atomic E-state index is 0.316. The molecule has 2 N–H and O–H groups in total. The van der Waals surface area contributed by atoms with Crippen molar-refractivity contribution in [3.8, 4) is 0 Å². The van der Waals surface area contributed by atoms with Gasteiger partial charge in [-0.1, -0.05) is 0 Å². The van der Waals surface area contributed by atoms with Gasteiger partial charge in [-0.15, -0.1) is 0 Å². The maximum atomic E-state index is 11.7. The van der Waals surface area contributed by atoms with E-state index in [0.29, 0.717) is 17.9 Å². The van der Waals surface area contributed by atoms with Crippen molar-refractivity contribution >= 4 is 5.91 Å². The maximum Gasteiger partial charge on any atom is 0.223 e. The summed E-state index contributed by atoms with van der Waals surface area (Å²) in [5.74, 6) is 1.56. The summed E-state index contributed by atoms with van der Waals surface area (Å²) in [5.41, 5.74) is 0. The summed E-state index contributed by atoms with van der Waals surface area (Å²) in [4.78, 5) is 14.3. The van der Waals surface area contributed by atoms with E-state index < -0.39 is 0 Å². The first kappa shape index (κ1) is 13.4. The average Bonchev–Trinajstić information content (AvgIpc) is 3.27. The first-order valence-electron chi connectivity index (χ1n) is 8.05. The topological polar surface area (TPSA) is 44.4 Å². The van der Waals surface area contributed by atoms with Crippen LogP contribution in [-0.2, 0) is 4.79 Å². The quantitative estimate of drug-likeness (QED) is 0.796. The Morgan fingerprint density at radius 3 is 2.37 bits per heavy atom. The number of hydrogen-bond acceptors (Lipinski definition) is 3. The molecule has 3 fully saturated rings. The molecule has 0 aromatic carbocycles. The zero-order chi connectivity index (χ0) is 13.1. The number of piperidine rings is 2. The van der Waals surface area contributed by atoms with Crippen LogP contribution in [0.15, 0.2) is 0 Å². The van der Waals surface area contributed by atoms with Crippen LogP contribution in [0.25, 0.3) is 0 Å². The van der Waals surface area contributed by atoms with Crippen molar-refractivity contribution < 1.29 is 4.79 Å². The minimum Gasteiger partial charge on any atom is -0.353 e. The predicted molar refractivity (Wildman–Crippen MR) is 75.9 cm³/mol. The third-order valence-electron chi connectivity index (χ3n) is 4.86. The predicted octanol–water partition coefficient (Wildman–Crippen LogP) is 0.977. The monoisotopic (exact) mass is 265 g/mol. The number of nitrogens with one attached hydrogen (secondary N) is 2. The lowest BCUT2D eigenvalue weighted by Crippen LogP contribution is -2.46. The van der Waals surface area contributed by atoms with Crippen LogP contribution in [0, 0.1) is 11.8 Å². The molecular weight excluding hydrogens is 238 g/mol. The molecule has 2 aliphatic heterocycles. The second-order valence-corrected chi connectivity index (χ2v) is 6.55. The lowest BCUT2D eigenvalue weighted by Gasteiger charge is -2.35. The molecule has 108 valence electrons. The summed E-state index contributed by atoms with van der Waals surface area (Å²) in [5, 5.41) is 6.66. The molecule has 4 heteroatoms. The van der Waals surface area contributed by atoms with Gasteiger partial charge in [0, 0.05) is 31.6 Å². The van der Waals surface area contributed by atoms with Crippen LogP contribution in [0.1, 0.15) is 38.5 Å². The van der Waals surface area contributed by atoms with Crippen LogP contribution in [-0.4, -0.2) is 49.6 Å². The highest BCUT2D eigenvalue weighted by atomic mass is 16.2. The Kier molecular flexibility index (Phi) is 4.38. The number of likely N-dealkylation sites (tertiary alicyclic amines) is 1. The first-order valence-corrected chi connectivity index (χ1v) is 8.05. The fourth-order valence-electron chi connectivity index (χ4n) is 3.35. The van der Waals surface area contributed by atoms with Gasteiger partial charge in [0.25, 0.3) is 0 Å². The number of nitrogens with zero attached hydrogens (tertiary/aromatic N) is 1. The van der Waals surface area contributed by atoms with Crippen LogP contribution in [0.3, 0.4) is 0 Å². The number of hydrogen-bond donors (Lipinski definition) is 2. The highest BCUT2D eigenvalue weighted by molar-refractivity contribution is 5.81. The van der Waals surface area contributed by atoms with E-state index in [2.05, 4.69) is 15.5 Å². The van der Waals surface area contributed by atoms with Gasteiger partial charge in [-0.2, -0.15) is 0 Å². The molecule has 0 bridgehead atoms. The lowest BCUT2D eigenvalue weighted by atomic mass is 9.96. The molecular formula is C15H27N3O. The van der Waals surface area contributed by atoms with E-state index in [1.54, 1.807) is 0 Å². The molecule has 1 saturated carbocycles.